The number of aliphatic hydroxyl groups is 1. The van der Waals surface area contributed by atoms with Crippen molar-refractivity contribution >= 4 is 0 Å². The molecule has 0 unspecified atom stereocenters. The van der Waals surface area contributed by atoms with Gasteiger partial charge < -0.3 is 10.8 Å². The van der Waals surface area contributed by atoms with Crippen molar-refractivity contribution in [1.82, 2.24) is 0 Å². The van der Waals surface area contributed by atoms with E-state index in [-0.39, 0.29) is 5.56 Å². The second-order valence-electron chi connectivity index (χ2n) is 4.49. The molecule has 2 atom stereocenters. The van der Waals surface area contributed by atoms with Crippen molar-refractivity contribution in [2.75, 3.05) is 0 Å². The first-order valence-corrected chi connectivity index (χ1v) is 6.00. The fourth-order valence-corrected chi connectivity index (χ4v) is 1.97. The lowest BCUT2D eigenvalue weighted by Gasteiger charge is -2.19. The Morgan fingerprint density at radius 3 is 2.16 bits per heavy atom. The van der Waals surface area contributed by atoms with E-state index in [1.54, 1.807) is 0 Å². The Labute approximate surface area is 110 Å². The molecule has 0 amide bonds. The summed E-state index contributed by atoms with van der Waals surface area (Å²) >= 11 is 0. The predicted molar refractivity (Wildman–Crippen MR) is 69.4 cm³/mol. The van der Waals surface area contributed by atoms with Crippen LogP contribution in [-0.2, 0) is 6.42 Å². The lowest BCUT2D eigenvalue weighted by Crippen LogP contribution is -2.28. The van der Waals surface area contributed by atoms with Crippen molar-refractivity contribution in [2.45, 2.75) is 18.6 Å². The molecule has 0 aliphatic rings. The standard InChI is InChI=1S/C15H15F2NO/c16-12-7-11(8-13(17)9-12)15(18)14(19)6-10-4-2-1-3-5-10/h1-5,7-9,14-15,19H,6,18H2/t14-,15+/m1/s1. The van der Waals surface area contributed by atoms with Gasteiger partial charge in [0.1, 0.15) is 11.6 Å². The molecule has 100 valence electrons. The third-order valence-electron chi connectivity index (χ3n) is 2.97. The Bertz CT molecular complexity index is 525. The predicted octanol–water partition coefficient (Wildman–Crippen LogP) is 2.57. The van der Waals surface area contributed by atoms with Gasteiger partial charge >= 0.3 is 0 Å². The third kappa shape index (κ3) is 3.59. The lowest BCUT2D eigenvalue weighted by molar-refractivity contribution is 0.145. The molecule has 0 fully saturated rings. The lowest BCUT2D eigenvalue weighted by atomic mass is 9.97. The van der Waals surface area contributed by atoms with Gasteiger partial charge in [-0.15, -0.1) is 0 Å². The molecule has 2 aromatic carbocycles. The summed E-state index contributed by atoms with van der Waals surface area (Å²) < 4.78 is 26.2. The first-order chi connectivity index (χ1) is 9.06. The molecular weight excluding hydrogens is 248 g/mol. The Morgan fingerprint density at radius 2 is 1.58 bits per heavy atom. The number of nitrogens with two attached hydrogens (primary N) is 1. The van der Waals surface area contributed by atoms with E-state index < -0.39 is 23.8 Å². The van der Waals surface area contributed by atoms with Gasteiger partial charge in [0.2, 0.25) is 0 Å². The van der Waals surface area contributed by atoms with Gasteiger partial charge in [-0.25, -0.2) is 8.78 Å². The van der Waals surface area contributed by atoms with E-state index >= 15 is 0 Å². The van der Waals surface area contributed by atoms with Gasteiger partial charge in [-0.2, -0.15) is 0 Å². The number of benzene rings is 2. The van der Waals surface area contributed by atoms with Crippen molar-refractivity contribution in [3.8, 4) is 0 Å². The number of hydrogen-bond acceptors (Lipinski definition) is 2. The number of aliphatic hydroxyl groups excluding tert-OH is 1. The minimum atomic E-state index is -0.899. The van der Waals surface area contributed by atoms with Gasteiger partial charge in [0.25, 0.3) is 0 Å². The topological polar surface area (TPSA) is 46.2 Å². The van der Waals surface area contributed by atoms with Crippen LogP contribution in [0.1, 0.15) is 17.2 Å². The molecule has 0 bridgehead atoms. The highest BCUT2D eigenvalue weighted by Crippen LogP contribution is 2.19. The Kier molecular flexibility index (Phi) is 4.24. The van der Waals surface area contributed by atoms with E-state index in [0.29, 0.717) is 6.42 Å². The van der Waals surface area contributed by atoms with Crippen molar-refractivity contribution < 1.29 is 13.9 Å². The summed E-state index contributed by atoms with van der Waals surface area (Å²) in [6.45, 7) is 0. The Hall–Kier alpha value is -1.78. The molecular formula is C15H15F2NO. The van der Waals surface area contributed by atoms with Gasteiger partial charge in [-0.05, 0) is 23.3 Å². The van der Waals surface area contributed by atoms with Crippen molar-refractivity contribution in [2.24, 2.45) is 5.73 Å². The molecule has 0 heterocycles. The van der Waals surface area contributed by atoms with Crippen LogP contribution in [0.2, 0.25) is 0 Å². The zero-order valence-electron chi connectivity index (χ0n) is 10.3. The second-order valence-corrected chi connectivity index (χ2v) is 4.49. The van der Waals surface area contributed by atoms with E-state index in [1.165, 1.54) is 0 Å². The highest BCUT2D eigenvalue weighted by molar-refractivity contribution is 5.23. The van der Waals surface area contributed by atoms with E-state index in [4.69, 9.17) is 5.73 Å². The minimum Gasteiger partial charge on any atom is -0.391 e. The van der Waals surface area contributed by atoms with Crippen LogP contribution in [0.25, 0.3) is 0 Å². The molecule has 0 spiro atoms. The average molecular weight is 263 g/mol. The summed E-state index contributed by atoms with van der Waals surface area (Å²) in [5.41, 5.74) is 7.01. The van der Waals surface area contributed by atoms with E-state index in [9.17, 15) is 13.9 Å². The van der Waals surface area contributed by atoms with Crippen molar-refractivity contribution in [3.05, 3.63) is 71.3 Å². The molecule has 2 aromatic rings. The summed E-state index contributed by atoms with van der Waals surface area (Å²) in [4.78, 5) is 0. The fourth-order valence-electron chi connectivity index (χ4n) is 1.97. The molecule has 0 aliphatic carbocycles. The second kappa shape index (κ2) is 5.91. The van der Waals surface area contributed by atoms with E-state index in [0.717, 1.165) is 23.8 Å². The van der Waals surface area contributed by atoms with Gasteiger partial charge in [0.15, 0.2) is 0 Å². The molecule has 0 aromatic heterocycles. The zero-order chi connectivity index (χ0) is 13.8. The number of hydrogen-bond donors (Lipinski definition) is 2. The van der Waals surface area contributed by atoms with E-state index in [1.807, 2.05) is 30.3 Å². The Morgan fingerprint density at radius 1 is 1.00 bits per heavy atom. The highest BCUT2D eigenvalue weighted by Gasteiger charge is 2.18. The van der Waals surface area contributed by atoms with Gasteiger partial charge in [0.05, 0.1) is 12.1 Å². The maximum Gasteiger partial charge on any atom is 0.126 e. The summed E-state index contributed by atoms with van der Waals surface area (Å²) in [6, 6.07) is 11.5. The SMILES string of the molecule is N[C@@H](c1cc(F)cc(F)c1)[C@H](O)Cc1ccccc1. The fraction of sp³-hybridized carbons (Fsp3) is 0.200. The maximum atomic E-state index is 13.1. The summed E-state index contributed by atoms with van der Waals surface area (Å²) in [6.07, 6.45) is -0.566. The molecule has 3 N–H and O–H groups in total. The van der Waals surface area contributed by atoms with Crippen LogP contribution in [0.15, 0.2) is 48.5 Å². The van der Waals surface area contributed by atoms with Crippen LogP contribution in [0.4, 0.5) is 8.78 Å². The van der Waals surface area contributed by atoms with Crippen LogP contribution in [0, 0.1) is 11.6 Å². The number of halogens is 2. The monoisotopic (exact) mass is 263 g/mol. The largest absolute Gasteiger partial charge is 0.391 e. The molecule has 0 radical (unpaired) electrons. The summed E-state index contributed by atoms with van der Waals surface area (Å²) in [7, 11) is 0. The molecule has 0 saturated heterocycles. The van der Waals surface area contributed by atoms with Crippen LogP contribution < -0.4 is 5.73 Å². The van der Waals surface area contributed by atoms with Crippen LogP contribution in [0.5, 0.6) is 0 Å². The van der Waals surface area contributed by atoms with Crippen LogP contribution in [-0.4, -0.2) is 11.2 Å². The van der Waals surface area contributed by atoms with Crippen LogP contribution in [0.3, 0.4) is 0 Å². The first-order valence-electron chi connectivity index (χ1n) is 6.00. The quantitative estimate of drug-likeness (QED) is 0.890. The van der Waals surface area contributed by atoms with E-state index in [2.05, 4.69) is 0 Å². The van der Waals surface area contributed by atoms with Gasteiger partial charge in [-0.3, -0.25) is 0 Å². The maximum absolute atomic E-state index is 13.1. The normalized spacial score (nSPS) is 14.1. The highest BCUT2D eigenvalue weighted by atomic mass is 19.1. The average Bonchev–Trinajstić information content (AvgIpc) is 2.37. The summed E-state index contributed by atoms with van der Waals surface area (Å²) in [5.74, 6) is -1.39. The smallest absolute Gasteiger partial charge is 0.126 e. The van der Waals surface area contributed by atoms with Gasteiger partial charge in [-0.1, -0.05) is 30.3 Å². The molecule has 19 heavy (non-hydrogen) atoms. The van der Waals surface area contributed by atoms with Gasteiger partial charge in [0, 0.05) is 12.5 Å². The summed E-state index contributed by atoms with van der Waals surface area (Å²) in [5, 5.41) is 10.0. The zero-order valence-corrected chi connectivity index (χ0v) is 10.3. The Balaban J connectivity index is 2.12. The molecule has 0 aliphatic heterocycles. The minimum absolute atomic E-state index is 0.251. The van der Waals surface area contributed by atoms with Crippen LogP contribution >= 0.6 is 0 Å². The molecule has 2 rings (SSSR count). The van der Waals surface area contributed by atoms with Crippen molar-refractivity contribution in [1.29, 1.82) is 0 Å². The molecule has 4 heteroatoms. The first kappa shape index (κ1) is 13.6. The molecule has 0 saturated carbocycles. The third-order valence-corrected chi connectivity index (χ3v) is 2.97. The van der Waals surface area contributed by atoms with Crippen molar-refractivity contribution in [3.63, 3.8) is 0 Å². The number of rotatable bonds is 4. The molecule has 2 nitrogen and oxygen atoms in total.